The average Bonchev–Trinajstić information content (AvgIpc) is 2.29. The number of hydrogen-bond donors (Lipinski definition) is 0. The van der Waals surface area contributed by atoms with Crippen LogP contribution in [-0.2, 0) is 0 Å². The normalized spacial score (nSPS) is 11.6. The fourth-order valence-electron chi connectivity index (χ4n) is 1.68. The highest BCUT2D eigenvalue weighted by atomic mass is 28.3. The van der Waals surface area contributed by atoms with Crippen molar-refractivity contribution >= 4 is 8.07 Å². The van der Waals surface area contributed by atoms with Crippen molar-refractivity contribution < 1.29 is 0 Å². The van der Waals surface area contributed by atoms with Crippen molar-refractivity contribution in [1.82, 2.24) is 0 Å². The highest BCUT2D eigenvalue weighted by molar-refractivity contribution is 6.76. The molecule has 0 rings (SSSR count). The van der Waals surface area contributed by atoms with E-state index >= 15 is 0 Å². The predicted octanol–water partition coefficient (Wildman–Crippen LogP) is 6.02. The summed E-state index contributed by atoms with van der Waals surface area (Å²) in [5.74, 6) is 6.59. The molecular formula is C17H32Si. The minimum Gasteiger partial charge on any atom is -0.103 e. The van der Waals surface area contributed by atoms with Crippen LogP contribution in [0.15, 0.2) is 12.2 Å². The van der Waals surface area contributed by atoms with Gasteiger partial charge in [-0.1, -0.05) is 58.0 Å². The molecule has 0 bridgehead atoms. The Balaban J connectivity index is 3.32. The van der Waals surface area contributed by atoms with Gasteiger partial charge in [0.1, 0.15) is 0 Å². The molecule has 0 saturated carbocycles. The van der Waals surface area contributed by atoms with Gasteiger partial charge in [-0.2, -0.15) is 0 Å². The molecule has 0 aromatic heterocycles. The summed E-state index contributed by atoms with van der Waals surface area (Å²) in [7, 11) is -0.869. The van der Waals surface area contributed by atoms with E-state index in [1.165, 1.54) is 44.6 Å². The molecule has 104 valence electrons. The van der Waals surface area contributed by atoms with Crippen molar-refractivity contribution in [1.29, 1.82) is 0 Å². The first-order valence-corrected chi connectivity index (χ1v) is 11.4. The number of hydrogen-bond acceptors (Lipinski definition) is 0. The van der Waals surface area contributed by atoms with Gasteiger partial charge in [-0.3, -0.25) is 0 Å². The van der Waals surface area contributed by atoms with Gasteiger partial charge in [0.05, 0.1) is 0 Å². The minimum atomic E-state index is -0.869. The molecule has 0 amide bonds. The Kier molecular flexibility index (Phi) is 11.3. The van der Waals surface area contributed by atoms with E-state index in [2.05, 4.69) is 50.6 Å². The van der Waals surface area contributed by atoms with E-state index in [0.29, 0.717) is 0 Å². The maximum atomic E-state index is 3.29. The molecule has 0 N–H and O–H groups in total. The van der Waals surface area contributed by atoms with Crippen LogP contribution in [0, 0.1) is 11.8 Å². The molecule has 1 heteroatoms. The summed E-state index contributed by atoms with van der Waals surface area (Å²) in [5, 5.41) is 0. The lowest BCUT2D eigenvalue weighted by atomic mass is 10.1. The van der Waals surface area contributed by atoms with Crippen LogP contribution in [0.1, 0.15) is 58.3 Å². The van der Waals surface area contributed by atoms with Gasteiger partial charge < -0.3 is 0 Å². The summed E-state index contributed by atoms with van der Waals surface area (Å²) in [5.41, 5.74) is 0. The fraction of sp³-hybridized carbons (Fsp3) is 0.765. The van der Waals surface area contributed by atoms with Gasteiger partial charge in [0, 0.05) is 20.9 Å². The summed E-state index contributed by atoms with van der Waals surface area (Å²) in [6, 6.07) is 1.32. The lowest BCUT2D eigenvalue weighted by Crippen LogP contribution is -2.17. The third-order valence-electron chi connectivity index (χ3n) is 2.85. The molecule has 0 heterocycles. The Morgan fingerprint density at radius 1 is 0.833 bits per heavy atom. The van der Waals surface area contributed by atoms with Gasteiger partial charge in [-0.05, 0) is 25.3 Å². The molecule has 0 aromatic rings. The van der Waals surface area contributed by atoms with Crippen molar-refractivity contribution in [3.05, 3.63) is 12.2 Å². The molecule has 18 heavy (non-hydrogen) atoms. The van der Waals surface area contributed by atoms with E-state index in [1.54, 1.807) is 0 Å². The summed E-state index contributed by atoms with van der Waals surface area (Å²) >= 11 is 0. The quantitative estimate of drug-likeness (QED) is 0.206. The molecule has 0 aliphatic heterocycles. The summed E-state index contributed by atoms with van der Waals surface area (Å²) in [4.78, 5) is 0. The molecule has 0 aliphatic rings. The van der Waals surface area contributed by atoms with E-state index in [4.69, 9.17) is 0 Å². The molecule has 0 saturated heterocycles. The number of unbranched alkanes of at least 4 members (excludes halogenated alkanes) is 6. The van der Waals surface area contributed by atoms with Crippen molar-refractivity contribution in [2.45, 2.75) is 84.0 Å². The average molecular weight is 265 g/mol. The van der Waals surface area contributed by atoms with E-state index in [0.717, 1.165) is 12.8 Å². The zero-order valence-corrected chi connectivity index (χ0v) is 14.0. The highest BCUT2D eigenvalue weighted by Crippen LogP contribution is 2.09. The second-order valence-corrected chi connectivity index (χ2v) is 11.8. The molecule has 0 unspecified atom stereocenters. The van der Waals surface area contributed by atoms with Gasteiger partial charge in [0.25, 0.3) is 0 Å². The van der Waals surface area contributed by atoms with Gasteiger partial charge in [-0.25, -0.2) is 0 Å². The zero-order valence-electron chi connectivity index (χ0n) is 13.0. The first-order valence-electron chi connectivity index (χ1n) is 7.67. The van der Waals surface area contributed by atoms with Crippen LogP contribution in [0.5, 0.6) is 0 Å². The van der Waals surface area contributed by atoms with Crippen molar-refractivity contribution in [2.24, 2.45) is 0 Å². The molecule has 0 atom stereocenters. The third kappa shape index (κ3) is 15.5. The Hall–Kier alpha value is -0.483. The summed E-state index contributed by atoms with van der Waals surface area (Å²) < 4.78 is 0. The van der Waals surface area contributed by atoms with Gasteiger partial charge in [0.15, 0.2) is 0 Å². The van der Waals surface area contributed by atoms with Crippen LogP contribution in [0.4, 0.5) is 0 Å². The van der Waals surface area contributed by atoms with E-state index in [-0.39, 0.29) is 0 Å². The standard InChI is InChI=1S/C17H32Si/c1-5-6-7-8-9-10-11-12-13-14-15-16-17-18(2,3)4/h15-16H,5-9,12-14,17H2,1-4H3/b16-15-. The van der Waals surface area contributed by atoms with E-state index in [1.807, 2.05) is 0 Å². The largest absolute Gasteiger partial charge is 0.103 e. The highest BCUT2D eigenvalue weighted by Gasteiger charge is 2.08. The van der Waals surface area contributed by atoms with Crippen LogP contribution < -0.4 is 0 Å². The van der Waals surface area contributed by atoms with Crippen LogP contribution in [0.3, 0.4) is 0 Å². The van der Waals surface area contributed by atoms with Gasteiger partial charge >= 0.3 is 0 Å². The Bertz CT molecular complexity index is 260. The second-order valence-electron chi connectivity index (χ2n) is 6.29. The van der Waals surface area contributed by atoms with Crippen molar-refractivity contribution in [3.8, 4) is 11.8 Å². The fourth-order valence-corrected chi connectivity index (χ4v) is 2.55. The maximum absolute atomic E-state index is 3.29. The molecule has 0 nitrogen and oxygen atoms in total. The lowest BCUT2D eigenvalue weighted by Gasteiger charge is -2.11. The molecule has 0 aromatic carbocycles. The van der Waals surface area contributed by atoms with Crippen molar-refractivity contribution in [2.75, 3.05) is 0 Å². The summed E-state index contributed by atoms with van der Waals surface area (Å²) in [6.07, 6.45) is 14.7. The maximum Gasteiger partial charge on any atom is 0.0480 e. The molecule has 0 spiro atoms. The Morgan fingerprint density at radius 3 is 2.11 bits per heavy atom. The Morgan fingerprint density at radius 2 is 1.50 bits per heavy atom. The van der Waals surface area contributed by atoms with E-state index in [9.17, 15) is 0 Å². The van der Waals surface area contributed by atoms with Gasteiger partial charge in [-0.15, -0.1) is 11.8 Å². The minimum absolute atomic E-state index is 0.869. The van der Waals surface area contributed by atoms with Crippen LogP contribution in [-0.4, -0.2) is 8.07 Å². The SMILES string of the molecule is CCCCCCC#CCCC/C=C\C[Si](C)(C)C. The summed E-state index contributed by atoms with van der Waals surface area (Å²) in [6.45, 7) is 9.51. The van der Waals surface area contributed by atoms with Crippen LogP contribution in [0.2, 0.25) is 25.7 Å². The first-order chi connectivity index (χ1) is 8.56. The van der Waals surface area contributed by atoms with Crippen LogP contribution >= 0.6 is 0 Å². The topological polar surface area (TPSA) is 0 Å². The Labute approximate surface area is 116 Å². The number of allylic oxidation sites excluding steroid dienone is 2. The first kappa shape index (κ1) is 17.5. The zero-order chi connectivity index (χ0) is 13.7. The predicted molar refractivity (Wildman–Crippen MR) is 87.7 cm³/mol. The molecule has 0 fully saturated rings. The van der Waals surface area contributed by atoms with Gasteiger partial charge in [0.2, 0.25) is 0 Å². The molecule has 0 radical (unpaired) electrons. The van der Waals surface area contributed by atoms with Crippen molar-refractivity contribution in [3.63, 3.8) is 0 Å². The molecule has 0 aliphatic carbocycles. The second kappa shape index (κ2) is 11.6. The third-order valence-corrected chi connectivity index (χ3v) is 4.31. The van der Waals surface area contributed by atoms with Crippen LogP contribution in [0.25, 0.3) is 0 Å². The monoisotopic (exact) mass is 264 g/mol. The lowest BCUT2D eigenvalue weighted by molar-refractivity contribution is 0.679. The molecular weight excluding hydrogens is 232 g/mol. The van der Waals surface area contributed by atoms with E-state index < -0.39 is 8.07 Å². The number of rotatable bonds is 9. The smallest absolute Gasteiger partial charge is 0.0480 e.